The molecule has 0 radical (unpaired) electrons. The highest BCUT2D eigenvalue weighted by atomic mass is 14.4. The minimum Gasteiger partial charge on any atom is -0.193 e. The van der Waals surface area contributed by atoms with Crippen molar-refractivity contribution in [2.24, 2.45) is 0 Å². The van der Waals surface area contributed by atoms with Gasteiger partial charge in [0.2, 0.25) is 0 Å². The van der Waals surface area contributed by atoms with Crippen LogP contribution in [0.5, 0.6) is 0 Å². The fourth-order valence-electron chi connectivity index (χ4n) is 2.49. The molecule has 0 spiro atoms. The Morgan fingerprint density at radius 3 is 1.95 bits per heavy atom. The van der Waals surface area contributed by atoms with Gasteiger partial charge in [-0.25, -0.2) is 0 Å². The van der Waals surface area contributed by atoms with E-state index in [0.29, 0.717) is 11.1 Å². The number of nitriles is 3. The van der Waals surface area contributed by atoms with Gasteiger partial charge in [0.15, 0.2) is 0 Å². The highest BCUT2D eigenvalue weighted by molar-refractivity contribution is 6.11. The standard InChI is InChI=1S/C17H11N3/c1-3-13-16(11(2)8-18)14-6-4-5-7-15(14)17(13)12(9-19)10-20/h3-7H,1-2H3/b13-3+,16-11-. The Kier molecular flexibility index (Phi) is 3.52. The minimum atomic E-state index is 0.0753. The SMILES string of the molecule is C/C=C1/C(=C(C#N)C#N)c2ccccc2/C1=C(/C)C#N. The minimum absolute atomic E-state index is 0.0753. The van der Waals surface area contributed by atoms with E-state index in [-0.39, 0.29) is 5.57 Å². The molecular weight excluding hydrogens is 246 g/mol. The Bertz CT molecular complexity index is 784. The highest BCUT2D eigenvalue weighted by Crippen LogP contribution is 2.47. The Labute approximate surface area is 118 Å². The molecule has 1 aliphatic carbocycles. The lowest BCUT2D eigenvalue weighted by atomic mass is 9.97. The van der Waals surface area contributed by atoms with Gasteiger partial charge in [-0.15, -0.1) is 0 Å². The van der Waals surface area contributed by atoms with Crippen molar-refractivity contribution in [3.63, 3.8) is 0 Å². The molecule has 3 heteroatoms. The third-order valence-electron chi connectivity index (χ3n) is 3.31. The van der Waals surface area contributed by atoms with Crippen molar-refractivity contribution in [1.29, 1.82) is 15.8 Å². The molecule has 0 aromatic heterocycles. The second-order valence-electron chi connectivity index (χ2n) is 4.33. The Balaban J connectivity index is 2.98. The first-order chi connectivity index (χ1) is 9.69. The first-order valence-corrected chi connectivity index (χ1v) is 6.11. The molecule has 0 unspecified atom stereocenters. The van der Waals surface area contributed by atoms with Crippen LogP contribution in [0.25, 0.3) is 11.1 Å². The van der Waals surface area contributed by atoms with Gasteiger partial charge in [-0.3, -0.25) is 0 Å². The van der Waals surface area contributed by atoms with Crippen molar-refractivity contribution in [2.75, 3.05) is 0 Å². The summed E-state index contributed by atoms with van der Waals surface area (Å²) in [5.74, 6) is 0. The number of hydrogen-bond acceptors (Lipinski definition) is 3. The Morgan fingerprint density at radius 1 is 0.950 bits per heavy atom. The third kappa shape index (κ3) is 1.81. The van der Waals surface area contributed by atoms with E-state index in [4.69, 9.17) is 10.5 Å². The molecule has 0 saturated carbocycles. The average Bonchev–Trinajstić information content (AvgIpc) is 2.82. The number of benzene rings is 1. The second kappa shape index (κ2) is 5.27. The van der Waals surface area contributed by atoms with Crippen LogP contribution < -0.4 is 0 Å². The molecular formula is C17H11N3. The van der Waals surface area contributed by atoms with Crippen molar-refractivity contribution in [2.45, 2.75) is 13.8 Å². The van der Waals surface area contributed by atoms with Gasteiger partial charge < -0.3 is 0 Å². The summed E-state index contributed by atoms with van der Waals surface area (Å²) in [5.41, 5.74) is 4.60. The maximum absolute atomic E-state index is 9.19. The molecule has 0 saturated heterocycles. The summed E-state index contributed by atoms with van der Waals surface area (Å²) >= 11 is 0. The first kappa shape index (κ1) is 13.3. The molecule has 0 heterocycles. The van der Waals surface area contributed by atoms with Gasteiger partial charge in [0.05, 0.1) is 6.07 Å². The lowest BCUT2D eigenvalue weighted by molar-refractivity contribution is 1.44. The maximum atomic E-state index is 9.19. The molecule has 0 amide bonds. The van der Waals surface area contributed by atoms with Crippen LogP contribution in [0, 0.1) is 34.0 Å². The van der Waals surface area contributed by atoms with Crippen molar-refractivity contribution in [3.05, 3.63) is 58.2 Å². The van der Waals surface area contributed by atoms with Crippen LogP contribution in [-0.2, 0) is 0 Å². The van der Waals surface area contributed by atoms with E-state index in [1.54, 1.807) is 6.92 Å². The van der Waals surface area contributed by atoms with E-state index in [1.165, 1.54) is 0 Å². The van der Waals surface area contributed by atoms with E-state index in [1.807, 2.05) is 49.4 Å². The number of allylic oxidation sites excluding steroid dienone is 6. The van der Waals surface area contributed by atoms with Crippen molar-refractivity contribution < 1.29 is 0 Å². The van der Waals surface area contributed by atoms with Crippen LogP contribution >= 0.6 is 0 Å². The topological polar surface area (TPSA) is 71.4 Å². The monoisotopic (exact) mass is 257 g/mol. The first-order valence-electron chi connectivity index (χ1n) is 6.11. The van der Waals surface area contributed by atoms with Crippen LogP contribution in [-0.4, -0.2) is 0 Å². The molecule has 2 rings (SSSR count). The van der Waals surface area contributed by atoms with Gasteiger partial charge in [0.1, 0.15) is 17.7 Å². The van der Waals surface area contributed by atoms with Gasteiger partial charge in [-0.2, -0.15) is 15.8 Å². The number of rotatable bonds is 0. The summed E-state index contributed by atoms with van der Waals surface area (Å²) in [6.07, 6.45) is 1.85. The summed E-state index contributed by atoms with van der Waals surface area (Å²) in [5, 5.41) is 27.5. The lowest BCUT2D eigenvalue weighted by Gasteiger charge is -2.04. The lowest BCUT2D eigenvalue weighted by Crippen LogP contribution is -1.87. The molecule has 1 aromatic carbocycles. The molecule has 1 aliphatic rings. The molecule has 0 N–H and O–H groups in total. The highest BCUT2D eigenvalue weighted by Gasteiger charge is 2.29. The van der Waals surface area contributed by atoms with Crippen molar-refractivity contribution in [1.82, 2.24) is 0 Å². The maximum Gasteiger partial charge on any atom is 0.138 e. The van der Waals surface area contributed by atoms with Crippen LogP contribution in [0.4, 0.5) is 0 Å². The third-order valence-corrected chi connectivity index (χ3v) is 3.31. The molecule has 1 aromatic rings. The fraction of sp³-hybridized carbons (Fsp3) is 0.118. The predicted octanol–water partition coefficient (Wildman–Crippen LogP) is 3.74. The number of hydrogen-bond donors (Lipinski definition) is 0. The molecule has 94 valence electrons. The van der Waals surface area contributed by atoms with Gasteiger partial charge in [0, 0.05) is 16.7 Å². The van der Waals surface area contributed by atoms with E-state index in [9.17, 15) is 5.26 Å². The zero-order valence-electron chi connectivity index (χ0n) is 11.2. The summed E-state index contributed by atoms with van der Waals surface area (Å²) < 4.78 is 0. The summed E-state index contributed by atoms with van der Waals surface area (Å²) in [7, 11) is 0. The summed E-state index contributed by atoms with van der Waals surface area (Å²) in [6.45, 7) is 3.59. The van der Waals surface area contributed by atoms with E-state index in [0.717, 1.165) is 22.3 Å². The molecule has 0 atom stereocenters. The Morgan fingerprint density at radius 2 is 1.50 bits per heavy atom. The van der Waals surface area contributed by atoms with Crippen LogP contribution in [0.2, 0.25) is 0 Å². The summed E-state index contributed by atoms with van der Waals surface area (Å²) in [6, 6.07) is 13.6. The predicted molar refractivity (Wildman–Crippen MR) is 76.6 cm³/mol. The molecule has 20 heavy (non-hydrogen) atoms. The zero-order valence-corrected chi connectivity index (χ0v) is 11.2. The van der Waals surface area contributed by atoms with Crippen LogP contribution in [0.1, 0.15) is 25.0 Å². The van der Waals surface area contributed by atoms with Gasteiger partial charge in [-0.1, -0.05) is 30.3 Å². The fourth-order valence-corrected chi connectivity index (χ4v) is 2.49. The Hall–Kier alpha value is -3.09. The largest absolute Gasteiger partial charge is 0.193 e. The van der Waals surface area contributed by atoms with E-state index in [2.05, 4.69) is 6.07 Å². The van der Waals surface area contributed by atoms with Gasteiger partial charge in [0.25, 0.3) is 0 Å². The zero-order chi connectivity index (χ0) is 14.7. The quantitative estimate of drug-likeness (QED) is 0.664. The number of nitrogens with zero attached hydrogens (tertiary/aromatic N) is 3. The average molecular weight is 257 g/mol. The van der Waals surface area contributed by atoms with Crippen molar-refractivity contribution in [3.8, 4) is 18.2 Å². The van der Waals surface area contributed by atoms with Crippen molar-refractivity contribution >= 4 is 11.1 Å². The van der Waals surface area contributed by atoms with Gasteiger partial charge >= 0.3 is 0 Å². The van der Waals surface area contributed by atoms with E-state index < -0.39 is 0 Å². The van der Waals surface area contributed by atoms with Gasteiger partial charge in [-0.05, 0) is 30.5 Å². The molecule has 0 bridgehead atoms. The number of fused-ring (bicyclic) bond motifs is 1. The summed E-state index contributed by atoms with van der Waals surface area (Å²) in [4.78, 5) is 0. The smallest absolute Gasteiger partial charge is 0.138 e. The van der Waals surface area contributed by atoms with Crippen LogP contribution in [0.15, 0.2) is 47.1 Å². The normalized spacial score (nSPS) is 16.9. The molecule has 0 aliphatic heterocycles. The molecule has 3 nitrogen and oxygen atoms in total. The van der Waals surface area contributed by atoms with E-state index >= 15 is 0 Å². The van der Waals surface area contributed by atoms with Crippen LogP contribution in [0.3, 0.4) is 0 Å². The molecule has 0 fully saturated rings. The second-order valence-corrected chi connectivity index (χ2v) is 4.33.